The van der Waals surface area contributed by atoms with Crippen LogP contribution in [-0.2, 0) is 9.53 Å². The monoisotopic (exact) mass is 362 g/mol. The molecule has 1 unspecified atom stereocenters. The van der Waals surface area contributed by atoms with Crippen LogP contribution in [0, 0.1) is 0 Å². The summed E-state index contributed by atoms with van der Waals surface area (Å²) in [7, 11) is -1.31. The summed E-state index contributed by atoms with van der Waals surface area (Å²) in [6.45, 7) is 0. The fourth-order valence-corrected chi connectivity index (χ4v) is 8.27. The second-order valence-electron chi connectivity index (χ2n) is 6.25. The third kappa shape index (κ3) is 3.47. The second-order valence-corrected chi connectivity index (χ2v) is 10.2. The molecule has 3 aromatic rings. The van der Waals surface area contributed by atoms with Gasteiger partial charge in [-0.25, -0.2) is 4.79 Å². The highest BCUT2D eigenvalue weighted by Crippen LogP contribution is 2.16. The van der Waals surface area contributed by atoms with Gasteiger partial charge in [-0.1, -0.05) is 91.0 Å². The van der Waals surface area contributed by atoms with Gasteiger partial charge in [-0.15, -0.1) is 0 Å². The Morgan fingerprint density at radius 1 is 0.808 bits per heavy atom. The van der Waals surface area contributed by atoms with E-state index in [0.29, 0.717) is 6.04 Å². The minimum Gasteiger partial charge on any atom is -0.467 e. The molecule has 0 radical (unpaired) electrons. The molecular formula is C22H22O3Si. The summed E-state index contributed by atoms with van der Waals surface area (Å²) in [6, 6.07) is 30.9. The van der Waals surface area contributed by atoms with Crippen molar-refractivity contribution in [2.45, 2.75) is 12.1 Å². The molecule has 0 spiro atoms. The van der Waals surface area contributed by atoms with Crippen LogP contribution in [0.3, 0.4) is 0 Å². The van der Waals surface area contributed by atoms with Crippen LogP contribution in [-0.4, -0.2) is 32.4 Å². The number of hydrogen-bond acceptors (Lipinski definition) is 3. The number of hydrogen-bond donors (Lipinski definition) is 1. The van der Waals surface area contributed by atoms with E-state index in [1.54, 1.807) is 0 Å². The highest BCUT2D eigenvalue weighted by atomic mass is 28.3. The third-order valence-corrected chi connectivity index (χ3v) is 9.73. The van der Waals surface area contributed by atoms with Gasteiger partial charge < -0.3 is 9.84 Å². The fourth-order valence-electron chi connectivity index (χ4n) is 3.53. The average molecular weight is 363 g/mol. The molecule has 0 bridgehead atoms. The molecule has 0 fully saturated rings. The van der Waals surface area contributed by atoms with E-state index < -0.39 is 20.1 Å². The van der Waals surface area contributed by atoms with Gasteiger partial charge in [-0.2, -0.15) is 0 Å². The smallest absolute Gasteiger partial charge is 0.334 e. The minimum absolute atomic E-state index is 0.331. The molecule has 3 aromatic carbocycles. The Morgan fingerprint density at radius 3 is 1.46 bits per heavy atom. The van der Waals surface area contributed by atoms with E-state index in [0.717, 1.165) is 15.6 Å². The van der Waals surface area contributed by atoms with Crippen molar-refractivity contribution in [3.63, 3.8) is 0 Å². The van der Waals surface area contributed by atoms with Crippen molar-refractivity contribution in [1.82, 2.24) is 0 Å². The van der Waals surface area contributed by atoms with Crippen LogP contribution in [0.4, 0.5) is 0 Å². The number of rotatable bonds is 6. The first-order chi connectivity index (χ1) is 12.7. The van der Waals surface area contributed by atoms with Gasteiger partial charge in [0.05, 0.1) is 7.11 Å². The molecule has 0 saturated heterocycles. The fraction of sp³-hybridized carbons (Fsp3) is 0.136. The lowest BCUT2D eigenvalue weighted by Crippen LogP contribution is -2.68. The first-order valence-corrected chi connectivity index (χ1v) is 10.8. The van der Waals surface area contributed by atoms with Gasteiger partial charge in [0, 0.05) is 0 Å². The number of benzene rings is 3. The summed E-state index contributed by atoms with van der Waals surface area (Å²) in [5, 5.41) is 14.1. The van der Waals surface area contributed by atoms with Crippen molar-refractivity contribution < 1.29 is 14.6 Å². The Kier molecular flexibility index (Phi) is 5.66. The Balaban J connectivity index is 2.26. The SMILES string of the molecule is COC(=O)C(O)C[Si](c1ccccc1)(c1ccccc1)c1ccccc1. The molecule has 1 atom stereocenters. The Bertz CT molecular complexity index is 738. The lowest BCUT2D eigenvalue weighted by Gasteiger charge is -2.34. The molecule has 1 N–H and O–H groups in total. The second kappa shape index (κ2) is 8.12. The van der Waals surface area contributed by atoms with E-state index in [9.17, 15) is 9.90 Å². The molecule has 0 saturated carbocycles. The molecule has 0 aliphatic rings. The molecule has 0 aliphatic carbocycles. The average Bonchev–Trinajstić information content (AvgIpc) is 2.73. The van der Waals surface area contributed by atoms with Crippen molar-refractivity contribution in [2.75, 3.05) is 7.11 Å². The highest BCUT2D eigenvalue weighted by molar-refractivity contribution is 7.11. The molecule has 4 heteroatoms. The van der Waals surface area contributed by atoms with E-state index in [1.807, 2.05) is 54.6 Å². The van der Waals surface area contributed by atoms with E-state index in [2.05, 4.69) is 36.4 Å². The van der Waals surface area contributed by atoms with Crippen LogP contribution < -0.4 is 15.6 Å². The Morgan fingerprint density at radius 2 is 1.15 bits per heavy atom. The summed E-state index contributed by atoms with van der Waals surface area (Å²) < 4.78 is 4.80. The molecule has 0 amide bonds. The van der Waals surface area contributed by atoms with Crippen LogP contribution in [0.1, 0.15) is 0 Å². The largest absolute Gasteiger partial charge is 0.467 e. The number of ether oxygens (including phenoxy) is 1. The van der Waals surface area contributed by atoms with Gasteiger partial charge in [0.15, 0.2) is 8.07 Å². The number of methoxy groups -OCH3 is 1. The topological polar surface area (TPSA) is 46.5 Å². The summed E-state index contributed by atoms with van der Waals surface area (Å²) in [5.41, 5.74) is 0. The van der Waals surface area contributed by atoms with Gasteiger partial charge in [0.25, 0.3) is 0 Å². The summed E-state index contributed by atoms with van der Waals surface area (Å²) in [4.78, 5) is 12.0. The minimum atomic E-state index is -2.62. The molecule has 0 aromatic heterocycles. The van der Waals surface area contributed by atoms with Crippen molar-refractivity contribution in [3.05, 3.63) is 91.0 Å². The molecular weight excluding hydrogens is 340 g/mol. The molecule has 3 nitrogen and oxygen atoms in total. The van der Waals surface area contributed by atoms with Crippen LogP contribution in [0.15, 0.2) is 91.0 Å². The molecule has 3 rings (SSSR count). The normalized spacial score (nSPS) is 12.4. The van der Waals surface area contributed by atoms with E-state index >= 15 is 0 Å². The van der Waals surface area contributed by atoms with Crippen molar-refractivity contribution >= 4 is 29.6 Å². The number of aliphatic hydroxyl groups is 1. The van der Waals surface area contributed by atoms with Crippen LogP contribution in [0.2, 0.25) is 6.04 Å². The Labute approximate surface area is 154 Å². The predicted molar refractivity (Wildman–Crippen MR) is 107 cm³/mol. The maximum Gasteiger partial charge on any atom is 0.334 e. The number of aliphatic hydroxyl groups excluding tert-OH is 1. The Hall–Kier alpha value is -2.69. The van der Waals surface area contributed by atoms with Crippen LogP contribution in [0.5, 0.6) is 0 Å². The summed E-state index contributed by atoms with van der Waals surface area (Å²) in [6.07, 6.45) is -1.17. The third-order valence-electron chi connectivity index (χ3n) is 4.77. The van der Waals surface area contributed by atoms with Gasteiger partial charge in [-0.3, -0.25) is 0 Å². The standard InChI is InChI=1S/C22H22O3Si/c1-25-22(24)21(23)17-26(18-11-5-2-6-12-18,19-13-7-3-8-14-19)20-15-9-4-10-16-20/h2-16,21,23H,17H2,1H3. The molecule has 26 heavy (non-hydrogen) atoms. The van der Waals surface area contributed by atoms with E-state index in [1.165, 1.54) is 7.11 Å². The molecule has 0 heterocycles. The number of carbonyl (C=O) groups excluding carboxylic acids is 1. The van der Waals surface area contributed by atoms with E-state index in [-0.39, 0.29) is 0 Å². The maximum absolute atomic E-state index is 12.0. The highest BCUT2D eigenvalue weighted by Gasteiger charge is 2.42. The lowest BCUT2D eigenvalue weighted by atomic mass is 10.3. The first-order valence-electron chi connectivity index (χ1n) is 8.61. The van der Waals surface area contributed by atoms with Gasteiger partial charge in [0.2, 0.25) is 0 Å². The van der Waals surface area contributed by atoms with Gasteiger partial charge in [-0.05, 0) is 21.6 Å². The van der Waals surface area contributed by atoms with Crippen molar-refractivity contribution in [2.24, 2.45) is 0 Å². The maximum atomic E-state index is 12.0. The number of carbonyl (C=O) groups is 1. The first kappa shape index (κ1) is 18.1. The number of esters is 1. The zero-order chi connectivity index (χ0) is 18.4. The van der Waals surface area contributed by atoms with E-state index in [4.69, 9.17) is 4.74 Å². The predicted octanol–water partition coefficient (Wildman–Crippen LogP) is 1.69. The van der Waals surface area contributed by atoms with Crippen LogP contribution >= 0.6 is 0 Å². The van der Waals surface area contributed by atoms with Crippen molar-refractivity contribution in [1.29, 1.82) is 0 Å². The molecule has 0 aliphatic heterocycles. The molecule has 132 valence electrons. The lowest BCUT2D eigenvalue weighted by molar-refractivity contribution is -0.149. The zero-order valence-corrected chi connectivity index (χ0v) is 15.7. The van der Waals surface area contributed by atoms with Gasteiger partial charge >= 0.3 is 5.97 Å². The van der Waals surface area contributed by atoms with Gasteiger partial charge in [0.1, 0.15) is 6.10 Å². The van der Waals surface area contributed by atoms with Crippen molar-refractivity contribution in [3.8, 4) is 0 Å². The zero-order valence-electron chi connectivity index (χ0n) is 14.7. The summed E-state index contributed by atoms with van der Waals surface area (Å²) >= 11 is 0. The quantitative estimate of drug-likeness (QED) is 0.412. The summed E-state index contributed by atoms with van der Waals surface area (Å²) in [5.74, 6) is -0.593. The van der Waals surface area contributed by atoms with Crippen LogP contribution in [0.25, 0.3) is 0 Å².